The van der Waals surface area contributed by atoms with Crippen LogP contribution in [-0.2, 0) is 0 Å². The molecule has 20 heavy (non-hydrogen) atoms. The molecule has 1 fully saturated rings. The zero-order chi connectivity index (χ0) is 13.7. The zero-order valence-electron chi connectivity index (χ0n) is 12.2. The molecular formula is C15H24ClFN2O. The molecule has 3 nitrogen and oxygen atoms in total. The molecule has 114 valence electrons. The van der Waals surface area contributed by atoms with Gasteiger partial charge in [-0.15, -0.1) is 12.4 Å². The number of ether oxygens (including phenoxy) is 1. The fraction of sp³-hybridized carbons (Fsp3) is 0.600. The number of hydrogen-bond donors (Lipinski definition) is 1. The topological polar surface area (TPSA) is 24.5 Å². The van der Waals surface area contributed by atoms with Gasteiger partial charge in [0, 0.05) is 32.2 Å². The van der Waals surface area contributed by atoms with E-state index in [2.05, 4.69) is 28.4 Å². The summed E-state index contributed by atoms with van der Waals surface area (Å²) in [5.74, 6) is 0.886. The molecule has 1 aliphatic rings. The first-order chi connectivity index (χ1) is 9.26. The fourth-order valence-electron chi connectivity index (χ4n) is 2.70. The third-order valence-electron chi connectivity index (χ3n) is 3.79. The number of methoxy groups -OCH3 is 1. The molecule has 1 atom stereocenters. The van der Waals surface area contributed by atoms with Crippen molar-refractivity contribution in [2.24, 2.45) is 0 Å². The summed E-state index contributed by atoms with van der Waals surface area (Å²) >= 11 is 0. The molecule has 1 heterocycles. The maximum absolute atomic E-state index is 12.9. The van der Waals surface area contributed by atoms with Crippen LogP contribution in [-0.4, -0.2) is 44.9 Å². The highest BCUT2D eigenvalue weighted by Gasteiger charge is 2.22. The first-order valence-electron chi connectivity index (χ1n) is 6.91. The van der Waals surface area contributed by atoms with Gasteiger partial charge in [0.1, 0.15) is 5.75 Å². The van der Waals surface area contributed by atoms with E-state index < -0.39 is 0 Å². The molecule has 2 rings (SSSR count). The Balaban J connectivity index is 0.00000200. The quantitative estimate of drug-likeness (QED) is 0.905. The lowest BCUT2D eigenvalue weighted by molar-refractivity contribution is 0.157. The van der Waals surface area contributed by atoms with Gasteiger partial charge in [0.2, 0.25) is 0 Å². The minimum Gasteiger partial charge on any atom is -0.496 e. The second-order valence-electron chi connectivity index (χ2n) is 5.01. The van der Waals surface area contributed by atoms with Gasteiger partial charge in [-0.1, -0.05) is 12.1 Å². The van der Waals surface area contributed by atoms with Gasteiger partial charge in [0.05, 0.1) is 13.8 Å². The van der Waals surface area contributed by atoms with E-state index in [4.69, 9.17) is 4.74 Å². The Bertz CT molecular complexity index is 411. The monoisotopic (exact) mass is 302 g/mol. The summed E-state index contributed by atoms with van der Waals surface area (Å²) in [5.41, 5.74) is 2.27. The maximum atomic E-state index is 12.9. The lowest BCUT2D eigenvalue weighted by atomic mass is 10.00. The van der Waals surface area contributed by atoms with E-state index in [1.54, 1.807) is 7.11 Å². The largest absolute Gasteiger partial charge is 0.496 e. The first-order valence-corrected chi connectivity index (χ1v) is 6.91. The number of hydrogen-bond acceptors (Lipinski definition) is 3. The number of benzene rings is 1. The number of halogens is 2. The molecule has 1 N–H and O–H groups in total. The summed E-state index contributed by atoms with van der Waals surface area (Å²) in [5, 5.41) is 3.33. The first kappa shape index (κ1) is 17.2. The number of aryl methyl sites for hydroxylation is 1. The lowest BCUT2D eigenvalue weighted by Crippen LogP contribution is -2.45. The predicted octanol–water partition coefficient (Wildman–Crippen LogP) is 2.73. The molecule has 0 unspecified atom stereocenters. The molecule has 1 aliphatic heterocycles. The van der Waals surface area contributed by atoms with Crippen LogP contribution in [0.2, 0.25) is 0 Å². The molecule has 0 aromatic heterocycles. The Morgan fingerprint density at radius 3 is 2.65 bits per heavy atom. The fourth-order valence-corrected chi connectivity index (χ4v) is 2.70. The Kier molecular flexibility index (Phi) is 7.27. The van der Waals surface area contributed by atoms with Gasteiger partial charge < -0.3 is 10.1 Å². The van der Waals surface area contributed by atoms with E-state index in [1.165, 1.54) is 0 Å². The van der Waals surface area contributed by atoms with Crippen LogP contribution >= 0.6 is 12.4 Å². The van der Waals surface area contributed by atoms with Crippen molar-refractivity contribution in [3.63, 3.8) is 0 Å². The number of alkyl halides is 1. The van der Waals surface area contributed by atoms with E-state index >= 15 is 0 Å². The third-order valence-corrected chi connectivity index (χ3v) is 3.79. The molecule has 5 heteroatoms. The SMILES string of the molecule is COc1cc([C@H](CCF)N2CCNCC2)ccc1C.Cl. The molecule has 1 aromatic rings. The van der Waals surface area contributed by atoms with Crippen molar-refractivity contribution < 1.29 is 9.13 Å². The summed E-state index contributed by atoms with van der Waals surface area (Å²) in [6.45, 7) is 5.64. The van der Waals surface area contributed by atoms with Crippen LogP contribution in [0.1, 0.15) is 23.6 Å². The van der Waals surface area contributed by atoms with Crippen LogP contribution in [0, 0.1) is 6.92 Å². The second kappa shape index (κ2) is 8.45. The van der Waals surface area contributed by atoms with E-state index in [-0.39, 0.29) is 25.1 Å². The molecule has 1 saturated heterocycles. The van der Waals surface area contributed by atoms with E-state index in [0.29, 0.717) is 6.42 Å². The van der Waals surface area contributed by atoms with Gasteiger partial charge in [-0.05, 0) is 30.5 Å². The van der Waals surface area contributed by atoms with Crippen LogP contribution in [0.5, 0.6) is 5.75 Å². The van der Waals surface area contributed by atoms with Crippen LogP contribution in [0.15, 0.2) is 18.2 Å². The Labute approximate surface area is 126 Å². The van der Waals surface area contributed by atoms with Crippen molar-refractivity contribution in [3.8, 4) is 5.75 Å². The number of nitrogens with one attached hydrogen (secondary N) is 1. The zero-order valence-corrected chi connectivity index (χ0v) is 13.0. The van der Waals surface area contributed by atoms with Crippen molar-refractivity contribution in [3.05, 3.63) is 29.3 Å². The van der Waals surface area contributed by atoms with Gasteiger partial charge in [-0.2, -0.15) is 0 Å². The lowest BCUT2D eigenvalue weighted by Gasteiger charge is -2.35. The minimum atomic E-state index is -0.287. The molecule has 0 bridgehead atoms. The van der Waals surface area contributed by atoms with E-state index in [1.807, 2.05) is 6.92 Å². The maximum Gasteiger partial charge on any atom is 0.122 e. The third kappa shape index (κ3) is 4.08. The average Bonchev–Trinajstić information content (AvgIpc) is 2.46. The molecule has 0 saturated carbocycles. The van der Waals surface area contributed by atoms with Crippen molar-refractivity contribution in [1.29, 1.82) is 0 Å². The minimum absolute atomic E-state index is 0. The highest BCUT2D eigenvalue weighted by molar-refractivity contribution is 5.85. The summed E-state index contributed by atoms with van der Waals surface area (Å²) in [6, 6.07) is 6.36. The Morgan fingerprint density at radius 2 is 2.05 bits per heavy atom. The van der Waals surface area contributed by atoms with Crippen LogP contribution in [0.4, 0.5) is 4.39 Å². The van der Waals surface area contributed by atoms with Gasteiger partial charge >= 0.3 is 0 Å². The van der Waals surface area contributed by atoms with E-state index in [0.717, 1.165) is 43.1 Å². The van der Waals surface area contributed by atoms with Crippen molar-refractivity contribution >= 4 is 12.4 Å². The molecule has 0 radical (unpaired) electrons. The van der Waals surface area contributed by atoms with Gasteiger partial charge in [-0.25, -0.2) is 0 Å². The number of rotatable bonds is 5. The number of nitrogens with zero attached hydrogens (tertiary/aromatic N) is 1. The molecule has 0 amide bonds. The Morgan fingerprint density at radius 1 is 1.35 bits per heavy atom. The molecule has 1 aromatic carbocycles. The summed E-state index contributed by atoms with van der Waals surface area (Å²) in [4.78, 5) is 2.36. The predicted molar refractivity (Wildman–Crippen MR) is 82.8 cm³/mol. The summed E-state index contributed by atoms with van der Waals surface area (Å²) in [7, 11) is 1.68. The Hall–Kier alpha value is -0.840. The molecule has 0 aliphatic carbocycles. The van der Waals surface area contributed by atoms with Crippen molar-refractivity contribution in [1.82, 2.24) is 10.2 Å². The standard InChI is InChI=1S/C15H23FN2O.ClH/c1-12-3-4-13(11-15(12)19-2)14(5-6-16)18-9-7-17-8-10-18;/h3-4,11,14,17H,5-10H2,1-2H3;1H/t14-;/m0./s1. The normalized spacial score (nSPS) is 17.4. The van der Waals surface area contributed by atoms with Crippen molar-refractivity contribution in [2.75, 3.05) is 40.0 Å². The highest BCUT2D eigenvalue weighted by Crippen LogP contribution is 2.29. The van der Waals surface area contributed by atoms with Crippen molar-refractivity contribution in [2.45, 2.75) is 19.4 Å². The van der Waals surface area contributed by atoms with Gasteiger partial charge in [0.15, 0.2) is 0 Å². The average molecular weight is 303 g/mol. The highest BCUT2D eigenvalue weighted by atomic mass is 35.5. The van der Waals surface area contributed by atoms with Crippen LogP contribution in [0.25, 0.3) is 0 Å². The van der Waals surface area contributed by atoms with Gasteiger partial charge in [0.25, 0.3) is 0 Å². The molecule has 0 spiro atoms. The van der Waals surface area contributed by atoms with Crippen LogP contribution < -0.4 is 10.1 Å². The second-order valence-corrected chi connectivity index (χ2v) is 5.01. The number of piperazine rings is 1. The van der Waals surface area contributed by atoms with Crippen LogP contribution in [0.3, 0.4) is 0 Å². The molecular weight excluding hydrogens is 279 g/mol. The summed E-state index contributed by atoms with van der Waals surface area (Å²) < 4.78 is 18.2. The van der Waals surface area contributed by atoms with Gasteiger partial charge in [-0.3, -0.25) is 9.29 Å². The summed E-state index contributed by atoms with van der Waals surface area (Å²) in [6.07, 6.45) is 0.548. The van der Waals surface area contributed by atoms with E-state index in [9.17, 15) is 4.39 Å². The smallest absolute Gasteiger partial charge is 0.122 e.